The van der Waals surface area contributed by atoms with Gasteiger partial charge in [0.1, 0.15) is 5.76 Å². The summed E-state index contributed by atoms with van der Waals surface area (Å²) in [4.78, 5) is 7.20. The van der Waals surface area contributed by atoms with Gasteiger partial charge < -0.3 is 20.0 Å². The van der Waals surface area contributed by atoms with Crippen LogP contribution in [0.3, 0.4) is 0 Å². The van der Waals surface area contributed by atoms with Gasteiger partial charge in [-0.25, -0.2) is 0 Å². The molecule has 1 saturated heterocycles. The second kappa shape index (κ2) is 13.0. The molecule has 2 N–H and O–H groups in total. The smallest absolute Gasteiger partial charge is 0.191 e. The summed E-state index contributed by atoms with van der Waals surface area (Å²) >= 11 is 1.83. The number of rotatable bonds is 8. The SMILES string of the molecule is CSCCN=C(NCCc1ccco1)NC1CCN(c2ccccc2)CC1.I. The lowest BCUT2D eigenvalue weighted by molar-refractivity contribution is 0.460. The fourth-order valence-corrected chi connectivity index (χ4v) is 3.55. The second-order valence-electron chi connectivity index (χ2n) is 6.72. The summed E-state index contributed by atoms with van der Waals surface area (Å²) in [5.74, 6) is 2.97. The summed E-state index contributed by atoms with van der Waals surface area (Å²) in [6.07, 6.45) is 6.95. The molecule has 154 valence electrons. The van der Waals surface area contributed by atoms with Crippen molar-refractivity contribution >= 4 is 47.4 Å². The Morgan fingerprint density at radius 1 is 1.18 bits per heavy atom. The predicted molar refractivity (Wildman–Crippen MR) is 131 cm³/mol. The molecule has 2 aromatic rings. The lowest BCUT2D eigenvalue weighted by Crippen LogP contribution is -2.49. The molecule has 7 heteroatoms. The summed E-state index contributed by atoms with van der Waals surface area (Å²) in [6.45, 7) is 3.81. The Morgan fingerprint density at radius 3 is 2.64 bits per heavy atom. The van der Waals surface area contributed by atoms with E-state index in [4.69, 9.17) is 9.41 Å². The topological polar surface area (TPSA) is 52.8 Å². The minimum Gasteiger partial charge on any atom is -0.469 e. The Bertz CT molecular complexity index is 673. The van der Waals surface area contributed by atoms with E-state index in [-0.39, 0.29) is 24.0 Å². The van der Waals surface area contributed by atoms with E-state index in [1.165, 1.54) is 5.69 Å². The Kier molecular flexibility index (Phi) is 10.6. The van der Waals surface area contributed by atoms with Crippen molar-refractivity contribution in [3.8, 4) is 0 Å². The molecule has 1 aromatic heterocycles. The molecule has 0 atom stereocenters. The minimum absolute atomic E-state index is 0. The van der Waals surface area contributed by atoms with Crippen LogP contribution in [-0.4, -0.2) is 50.2 Å². The Hall–Kier alpha value is -1.35. The first-order valence-corrected chi connectivity index (χ1v) is 11.1. The summed E-state index contributed by atoms with van der Waals surface area (Å²) in [5, 5.41) is 7.10. The van der Waals surface area contributed by atoms with Crippen LogP contribution in [0.15, 0.2) is 58.1 Å². The fraction of sp³-hybridized carbons (Fsp3) is 0.476. The van der Waals surface area contributed by atoms with Gasteiger partial charge in [-0.15, -0.1) is 24.0 Å². The molecule has 0 unspecified atom stereocenters. The highest BCUT2D eigenvalue weighted by molar-refractivity contribution is 14.0. The van der Waals surface area contributed by atoms with E-state index in [1.807, 2.05) is 23.9 Å². The van der Waals surface area contributed by atoms with Crippen LogP contribution in [-0.2, 0) is 6.42 Å². The molecule has 0 radical (unpaired) electrons. The Balaban J connectivity index is 0.00000280. The number of benzene rings is 1. The third kappa shape index (κ3) is 7.58. The first-order valence-electron chi connectivity index (χ1n) is 9.71. The van der Waals surface area contributed by atoms with Crippen molar-refractivity contribution < 1.29 is 4.42 Å². The minimum atomic E-state index is 0. The molecule has 1 aliphatic rings. The Labute approximate surface area is 189 Å². The number of guanidine groups is 1. The molecule has 1 aromatic carbocycles. The van der Waals surface area contributed by atoms with E-state index in [0.717, 1.165) is 62.9 Å². The first-order chi connectivity index (χ1) is 13.3. The van der Waals surface area contributed by atoms with Gasteiger partial charge >= 0.3 is 0 Å². The third-order valence-corrected chi connectivity index (χ3v) is 5.36. The van der Waals surface area contributed by atoms with Gasteiger partial charge in [0.05, 0.1) is 12.8 Å². The molecule has 2 heterocycles. The standard InChI is InChI=1S/C21H30N4OS.HI/c1-27-17-13-23-21(22-12-9-20-8-5-16-26-20)24-18-10-14-25(15-11-18)19-6-3-2-4-7-19;/h2-8,16,18H,9-15,17H2,1H3,(H2,22,23,24);1H. The molecule has 5 nitrogen and oxygen atoms in total. The predicted octanol–water partition coefficient (Wildman–Crippen LogP) is 4.01. The normalized spacial score (nSPS) is 15.2. The van der Waals surface area contributed by atoms with Crippen molar-refractivity contribution in [3.05, 3.63) is 54.5 Å². The molecule has 28 heavy (non-hydrogen) atoms. The average Bonchev–Trinajstić information content (AvgIpc) is 3.23. The number of aliphatic imine (C=N–C) groups is 1. The van der Waals surface area contributed by atoms with Crippen molar-refractivity contribution in [1.82, 2.24) is 10.6 Å². The van der Waals surface area contributed by atoms with E-state index in [2.05, 4.69) is 52.1 Å². The van der Waals surface area contributed by atoms with E-state index >= 15 is 0 Å². The summed E-state index contributed by atoms with van der Waals surface area (Å²) < 4.78 is 5.41. The van der Waals surface area contributed by atoms with Gasteiger partial charge in [0.2, 0.25) is 0 Å². The van der Waals surface area contributed by atoms with Gasteiger partial charge in [0, 0.05) is 43.5 Å². The van der Waals surface area contributed by atoms with Crippen LogP contribution >= 0.6 is 35.7 Å². The number of halogens is 1. The van der Waals surface area contributed by atoms with Crippen LogP contribution in [0.5, 0.6) is 0 Å². The van der Waals surface area contributed by atoms with Crippen LogP contribution in [0.2, 0.25) is 0 Å². The maximum absolute atomic E-state index is 5.41. The second-order valence-corrected chi connectivity index (χ2v) is 7.71. The van der Waals surface area contributed by atoms with E-state index in [1.54, 1.807) is 6.26 Å². The lowest BCUT2D eigenvalue weighted by Gasteiger charge is -2.34. The zero-order valence-electron chi connectivity index (χ0n) is 16.5. The summed E-state index contributed by atoms with van der Waals surface area (Å²) in [7, 11) is 0. The van der Waals surface area contributed by atoms with Crippen LogP contribution in [0.1, 0.15) is 18.6 Å². The van der Waals surface area contributed by atoms with Crippen LogP contribution < -0.4 is 15.5 Å². The Morgan fingerprint density at radius 2 is 1.96 bits per heavy atom. The number of para-hydroxylation sites is 1. The van der Waals surface area contributed by atoms with Crippen LogP contribution in [0.25, 0.3) is 0 Å². The van der Waals surface area contributed by atoms with E-state index < -0.39 is 0 Å². The lowest BCUT2D eigenvalue weighted by atomic mass is 10.0. The van der Waals surface area contributed by atoms with Gasteiger partial charge in [0.15, 0.2) is 5.96 Å². The number of hydrogen-bond donors (Lipinski definition) is 2. The maximum Gasteiger partial charge on any atom is 0.191 e. The summed E-state index contributed by atoms with van der Waals surface area (Å²) in [6, 6.07) is 15.1. The number of furan rings is 1. The maximum atomic E-state index is 5.41. The average molecular weight is 514 g/mol. The number of nitrogens with zero attached hydrogens (tertiary/aromatic N) is 2. The van der Waals surface area contributed by atoms with Gasteiger partial charge in [-0.1, -0.05) is 18.2 Å². The van der Waals surface area contributed by atoms with Crippen molar-refractivity contribution in [2.75, 3.05) is 43.1 Å². The number of piperidine rings is 1. The largest absolute Gasteiger partial charge is 0.469 e. The highest BCUT2D eigenvalue weighted by atomic mass is 127. The molecule has 1 aliphatic heterocycles. The van der Waals surface area contributed by atoms with E-state index in [0.29, 0.717) is 6.04 Å². The van der Waals surface area contributed by atoms with E-state index in [9.17, 15) is 0 Å². The molecule has 1 fully saturated rings. The molecule has 0 amide bonds. The number of hydrogen-bond acceptors (Lipinski definition) is 4. The van der Waals surface area contributed by atoms with Crippen LogP contribution in [0, 0.1) is 0 Å². The first kappa shape index (κ1) is 22.9. The summed E-state index contributed by atoms with van der Waals surface area (Å²) in [5.41, 5.74) is 1.32. The van der Waals surface area contributed by atoms with Gasteiger partial charge in [-0.05, 0) is 43.4 Å². The molecular formula is C21H31IN4OS. The zero-order valence-corrected chi connectivity index (χ0v) is 19.6. The van der Waals surface area contributed by atoms with Crippen molar-refractivity contribution in [2.24, 2.45) is 4.99 Å². The molecule has 0 saturated carbocycles. The highest BCUT2D eigenvalue weighted by Crippen LogP contribution is 2.19. The molecule has 0 bridgehead atoms. The molecular weight excluding hydrogens is 483 g/mol. The number of thioether (sulfide) groups is 1. The third-order valence-electron chi connectivity index (χ3n) is 4.77. The van der Waals surface area contributed by atoms with Crippen molar-refractivity contribution in [2.45, 2.75) is 25.3 Å². The molecule has 3 rings (SSSR count). The monoisotopic (exact) mass is 514 g/mol. The van der Waals surface area contributed by atoms with Gasteiger partial charge in [0.25, 0.3) is 0 Å². The number of nitrogens with one attached hydrogen (secondary N) is 2. The number of anilines is 1. The van der Waals surface area contributed by atoms with Crippen molar-refractivity contribution in [3.63, 3.8) is 0 Å². The van der Waals surface area contributed by atoms with Gasteiger partial charge in [-0.2, -0.15) is 11.8 Å². The highest BCUT2D eigenvalue weighted by Gasteiger charge is 2.20. The van der Waals surface area contributed by atoms with Gasteiger partial charge in [-0.3, -0.25) is 4.99 Å². The zero-order chi connectivity index (χ0) is 18.7. The quantitative estimate of drug-likeness (QED) is 0.242. The van der Waals surface area contributed by atoms with Crippen LogP contribution in [0.4, 0.5) is 5.69 Å². The molecule has 0 spiro atoms. The van der Waals surface area contributed by atoms with Crippen molar-refractivity contribution in [1.29, 1.82) is 0 Å². The fourth-order valence-electron chi connectivity index (χ4n) is 3.27. The molecule has 0 aliphatic carbocycles.